The molecule has 3 heteroatoms. The third-order valence-corrected chi connectivity index (χ3v) is 3.87. The van der Waals surface area contributed by atoms with Gasteiger partial charge in [-0.05, 0) is 37.3 Å². The van der Waals surface area contributed by atoms with E-state index in [4.69, 9.17) is 0 Å². The molecule has 1 heterocycles. The van der Waals surface area contributed by atoms with Crippen LogP contribution < -0.4 is 0 Å². The number of likely N-dealkylation sites (tertiary alicyclic amines) is 1. The van der Waals surface area contributed by atoms with E-state index in [-0.39, 0.29) is 6.04 Å². The second-order valence-electron chi connectivity index (χ2n) is 5.01. The highest BCUT2D eigenvalue weighted by Gasteiger charge is 2.31. The Morgan fingerprint density at radius 1 is 1.44 bits per heavy atom. The minimum Gasteiger partial charge on any atom is -0.480 e. The Labute approximate surface area is 108 Å². The zero-order chi connectivity index (χ0) is 13.0. The molecule has 1 fully saturated rings. The van der Waals surface area contributed by atoms with Crippen molar-refractivity contribution in [3.8, 4) is 0 Å². The predicted molar refractivity (Wildman–Crippen MR) is 71.7 cm³/mol. The zero-order valence-corrected chi connectivity index (χ0v) is 10.9. The number of carboxylic acid groups (broad SMARTS) is 1. The molecule has 0 aromatic heterocycles. The van der Waals surface area contributed by atoms with Gasteiger partial charge in [-0.3, -0.25) is 9.69 Å². The van der Waals surface area contributed by atoms with Crippen molar-refractivity contribution in [2.45, 2.75) is 38.1 Å². The molecule has 0 radical (unpaired) electrons. The maximum Gasteiger partial charge on any atom is 0.320 e. The molecule has 1 aliphatic heterocycles. The molecule has 0 amide bonds. The fraction of sp³-hybridized carbons (Fsp3) is 0.533. The topological polar surface area (TPSA) is 40.5 Å². The predicted octanol–water partition coefficient (Wildman–Crippen LogP) is 2.73. The van der Waals surface area contributed by atoms with Gasteiger partial charge >= 0.3 is 5.97 Å². The average Bonchev–Trinajstić information content (AvgIpc) is 2.85. The van der Waals surface area contributed by atoms with Crippen LogP contribution in [-0.2, 0) is 4.79 Å². The number of carboxylic acids is 1. The second-order valence-corrected chi connectivity index (χ2v) is 5.01. The largest absolute Gasteiger partial charge is 0.480 e. The molecule has 0 spiro atoms. The molecule has 0 saturated carbocycles. The van der Waals surface area contributed by atoms with Gasteiger partial charge < -0.3 is 5.11 Å². The summed E-state index contributed by atoms with van der Waals surface area (Å²) in [7, 11) is 0. The van der Waals surface area contributed by atoms with E-state index in [0.717, 1.165) is 32.4 Å². The maximum atomic E-state index is 11.2. The smallest absolute Gasteiger partial charge is 0.320 e. The van der Waals surface area contributed by atoms with Crippen molar-refractivity contribution in [2.24, 2.45) is 0 Å². The number of carbonyl (C=O) groups is 1. The third-order valence-electron chi connectivity index (χ3n) is 3.87. The first-order valence-electron chi connectivity index (χ1n) is 6.74. The lowest BCUT2D eigenvalue weighted by Gasteiger charge is -2.26. The Balaban J connectivity index is 2.05. The summed E-state index contributed by atoms with van der Waals surface area (Å²) < 4.78 is 0. The van der Waals surface area contributed by atoms with Crippen LogP contribution in [0.5, 0.6) is 0 Å². The minimum absolute atomic E-state index is 0.275. The molecule has 1 aromatic carbocycles. The van der Waals surface area contributed by atoms with Gasteiger partial charge in [-0.15, -0.1) is 0 Å². The van der Waals surface area contributed by atoms with Crippen LogP contribution in [-0.4, -0.2) is 35.1 Å². The van der Waals surface area contributed by atoms with Gasteiger partial charge in [0.2, 0.25) is 0 Å². The summed E-state index contributed by atoms with van der Waals surface area (Å²) in [5.41, 5.74) is 1.32. The fourth-order valence-electron chi connectivity index (χ4n) is 2.80. The van der Waals surface area contributed by atoms with E-state index in [1.165, 1.54) is 5.56 Å². The number of hydrogen-bond donors (Lipinski definition) is 1. The second kappa shape index (κ2) is 6.01. The van der Waals surface area contributed by atoms with Gasteiger partial charge in [0.15, 0.2) is 0 Å². The van der Waals surface area contributed by atoms with E-state index in [9.17, 15) is 9.90 Å². The third kappa shape index (κ3) is 2.91. The molecular formula is C15H21NO2. The Kier molecular flexibility index (Phi) is 4.37. The van der Waals surface area contributed by atoms with Crippen LogP contribution in [0, 0.1) is 0 Å². The molecule has 2 atom stereocenters. The van der Waals surface area contributed by atoms with Crippen LogP contribution in [0.1, 0.15) is 37.7 Å². The average molecular weight is 247 g/mol. The molecule has 1 aromatic rings. The van der Waals surface area contributed by atoms with E-state index in [1.54, 1.807) is 0 Å². The van der Waals surface area contributed by atoms with E-state index < -0.39 is 5.97 Å². The number of hydrogen-bond acceptors (Lipinski definition) is 2. The van der Waals surface area contributed by atoms with Crippen LogP contribution in [0.2, 0.25) is 0 Å². The summed E-state index contributed by atoms with van der Waals surface area (Å²) >= 11 is 0. The Morgan fingerprint density at radius 2 is 2.17 bits per heavy atom. The molecule has 1 unspecified atom stereocenters. The van der Waals surface area contributed by atoms with E-state index in [2.05, 4.69) is 36.1 Å². The summed E-state index contributed by atoms with van der Waals surface area (Å²) in [6, 6.07) is 10.1. The lowest BCUT2D eigenvalue weighted by Crippen LogP contribution is -2.38. The van der Waals surface area contributed by atoms with Gasteiger partial charge in [0.1, 0.15) is 6.04 Å². The fourth-order valence-corrected chi connectivity index (χ4v) is 2.80. The van der Waals surface area contributed by atoms with Crippen molar-refractivity contribution >= 4 is 5.97 Å². The van der Waals surface area contributed by atoms with Crippen molar-refractivity contribution in [2.75, 3.05) is 13.1 Å². The first-order chi connectivity index (χ1) is 8.72. The SMILES string of the molecule is CCC(CN1CCC[C@H]1C(=O)O)c1ccccc1. The maximum absolute atomic E-state index is 11.2. The molecule has 2 rings (SSSR count). The Bertz CT molecular complexity index is 391. The molecule has 0 bridgehead atoms. The van der Waals surface area contributed by atoms with Crippen molar-refractivity contribution < 1.29 is 9.90 Å². The van der Waals surface area contributed by atoms with Crippen LogP contribution in [0.4, 0.5) is 0 Å². The van der Waals surface area contributed by atoms with Gasteiger partial charge in [0.05, 0.1) is 0 Å². The number of benzene rings is 1. The van der Waals surface area contributed by atoms with Crippen LogP contribution >= 0.6 is 0 Å². The standard InChI is InChI=1S/C15H21NO2/c1-2-12(13-7-4-3-5-8-13)11-16-10-6-9-14(16)15(17)18/h3-5,7-8,12,14H,2,6,9-11H2,1H3,(H,17,18)/t12?,14-/m0/s1. The molecular weight excluding hydrogens is 226 g/mol. The van der Waals surface area contributed by atoms with E-state index in [0.29, 0.717) is 5.92 Å². The first-order valence-corrected chi connectivity index (χ1v) is 6.74. The molecule has 3 nitrogen and oxygen atoms in total. The zero-order valence-electron chi connectivity index (χ0n) is 10.9. The molecule has 1 aliphatic rings. The van der Waals surface area contributed by atoms with Gasteiger partial charge in [-0.25, -0.2) is 0 Å². The number of nitrogens with zero attached hydrogens (tertiary/aromatic N) is 1. The van der Waals surface area contributed by atoms with Crippen LogP contribution in [0.25, 0.3) is 0 Å². The summed E-state index contributed by atoms with van der Waals surface area (Å²) in [5.74, 6) is -0.235. The van der Waals surface area contributed by atoms with E-state index >= 15 is 0 Å². The highest BCUT2D eigenvalue weighted by atomic mass is 16.4. The lowest BCUT2D eigenvalue weighted by molar-refractivity contribution is -0.142. The van der Waals surface area contributed by atoms with Crippen molar-refractivity contribution in [3.63, 3.8) is 0 Å². The summed E-state index contributed by atoms with van der Waals surface area (Å²) in [5, 5.41) is 9.20. The molecule has 98 valence electrons. The Morgan fingerprint density at radius 3 is 2.78 bits per heavy atom. The first kappa shape index (κ1) is 13.1. The van der Waals surface area contributed by atoms with Gasteiger partial charge in [-0.2, -0.15) is 0 Å². The minimum atomic E-state index is -0.671. The van der Waals surface area contributed by atoms with Crippen molar-refractivity contribution in [3.05, 3.63) is 35.9 Å². The highest BCUT2D eigenvalue weighted by molar-refractivity contribution is 5.73. The van der Waals surface area contributed by atoms with Gasteiger partial charge in [0.25, 0.3) is 0 Å². The summed E-state index contributed by atoms with van der Waals surface area (Å²) in [6.45, 7) is 3.95. The highest BCUT2D eigenvalue weighted by Crippen LogP contribution is 2.25. The van der Waals surface area contributed by atoms with Crippen LogP contribution in [0.15, 0.2) is 30.3 Å². The number of rotatable bonds is 5. The number of aliphatic carboxylic acids is 1. The molecule has 1 saturated heterocycles. The quantitative estimate of drug-likeness (QED) is 0.869. The molecule has 1 N–H and O–H groups in total. The molecule has 18 heavy (non-hydrogen) atoms. The Hall–Kier alpha value is -1.35. The van der Waals surface area contributed by atoms with Crippen molar-refractivity contribution in [1.82, 2.24) is 4.90 Å². The normalized spacial score (nSPS) is 21.9. The van der Waals surface area contributed by atoms with Crippen molar-refractivity contribution in [1.29, 1.82) is 0 Å². The molecule has 0 aliphatic carbocycles. The lowest BCUT2D eigenvalue weighted by atomic mass is 9.95. The van der Waals surface area contributed by atoms with Crippen LogP contribution in [0.3, 0.4) is 0 Å². The monoisotopic (exact) mass is 247 g/mol. The van der Waals surface area contributed by atoms with Gasteiger partial charge in [0, 0.05) is 6.54 Å². The summed E-state index contributed by atoms with van der Waals surface area (Å²) in [6.07, 6.45) is 2.84. The van der Waals surface area contributed by atoms with Gasteiger partial charge in [-0.1, -0.05) is 37.3 Å². The van der Waals surface area contributed by atoms with E-state index in [1.807, 2.05) is 6.07 Å². The summed E-state index contributed by atoms with van der Waals surface area (Å²) in [4.78, 5) is 13.3.